The average Bonchev–Trinajstić information content (AvgIpc) is 2.81. The third-order valence-electron chi connectivity index (χ3n) is 3.25. The van der Waals surface area contributed by atoms with Gasteiger partial charge in [-0.25, -0.2) is 9.48 Å². The van der Waals surface area contributed by atoms with E-state index >= 15 is 0 Å². The fourth-order valence-electron chi connectivity index (χ4n) is 2.17. The van der Waals surface area contributed by atoms with Crippen LogP contribution in [0, 0.1) is 25.2 Å². The normalized spacial score (nSPS) is 11.1. The molecular formula is C17H17N3O2. The van der Waals surface area contributed by atoms with Crippen molar-refractivity contribution in [2.45, 2.75) is 20.8 Å². The number of carbonyl (C=O) groups excluding carboxylic acids is 1. The highest BCUT2D eigenvalue weighted by Gasteiger charge is 2.15. The molecule has 0 aliphatic heterocycles. The Morgan fingerprint density at radius 2 is 2.05 bits per heavy atom. The summed E-state index contributed by atoms with van der Waals surface area (Å²) in [6.45, 7) is 5.69. The molecule has 2 rings (SSSR count). The summed E-state index contributed by atoms with van der Waals surface area (Å²) >= 11 is 0. The molecule has 0 aliphatic carbocycles. The van der Waals surface area contributed by atoms with Gasteiger partial charge in [-0.1, -0.05) is 18.2 Å². The van der Waals surface area contributed by atoms with Crippen molar-refractivity contribution in [3.63, 3.8) is 0 Å². The minimum atomic E-state index is -0.615. The molecular weight excluding hydrogens is 278 g/mol. The molecule has 5 nitrogen and oxygen atoms in total. The largest absolute Gasteiger partial charge is 0.462 e. The highest BCUT2D eigenvalue weighted by molar-refractivity contribution is 5.98. The summed E-state index contributed by atoms with van der Waals surface area (Å²) in [7, 11) is 0. The van der Waals surface area contributed by atoms with Gasteiger partial charge < -0.3 is 4.74 Å². The van der Waals surface area contributed by atoms with E-state index in [1.54, 1.807) is 11.6 Å². The second-order valence-electron chi connectivity index (χ2n) is 4.72. The summed E-state index contributed by atoms with van der Waals surface area (Å²) in [4.78, 5) is 11.7. The van der Waals surface area contributed by atoms with Crippen LogP contribution >= 0.6 is 0 Å². The Morgan fingerprint density at radius 1 is 1.36 bits per heavy atom. The monoisotopic (exact) mass is 295 g/mol. The first kappa shape index (κ1) is 15.5. The summed E-state index contributed by atoms with van der Waals surface area (Å²) in [5, 5.41) is 13.6. The smallest absolute Gasteiger partial charge is 0.348 e. The van der Waals surface area contributed by atoms with E-state index < -0.39 is 5.97 Å². The van der Waals surface area contributed by atoms with Crippen LogP contribution in [0.1, 0.15) is 23.9 Å². The van der Waals surface area contributed by atoms with Gasteiger partial charge >= 0.3 is 5.97 Å². The second-order valence-corrected chi connectivity index (χ2v) is 4.72. The minimum absolute atomic E-state index is 0.0272. The van der Waals surface area contributed by atoms with E-state index in [0.717, 1.165) is 22.6 Å². The molecule has 0 spiro atoms. The summed E-state index contributed by atoms with van der Waals surface area (Å²) in [6.07, 6.45) is 1.54. The van der Waals surface area contributed by atoms with Crippen LogP contribution in [0.15, 0.2) is 35.9 Å². The van der Waals surface area contributed by atoms with Gasteiger partial charge in [-0.2, -0.15) is 10.4 Å². The zero-order chi connectivity index (χ0) is 16.1. The highest BCUT2D eigenvalue weighted by Crippen LogP contribution is 2.20. The fourth-order valence-corrected chi connectivity index (χ4v) is 2.17. The Bertz CT molecular complexity index is 752. The van der Waals surface area contributed by atoms with Crippen LogP contribution in [-0.2, 0) is 9.53 Å². The topological polar surface area (TPSA) is 67.9 Å². The molecule has 1 aromatic heterocycles. The molecule has 1 heterocycles. The quantitative estimate of drug-likeness (QED) is 0.494. The SMILES string of the molecule is CCOC(=O)/C(C#N)=C/c1c(C)nn(-c2ccccc2)c1C. The Kier molecular flexibility index (Phi) is 4.74. The lowest BCUT2D eigenvalue weighted by molar-refractivity contribution is -0.137. The molecule has 0 fully saturated rings. The van der Waals surface area contributed by atoms with E-state index in [-0.39, 0.29) is 12.2 Å². The van der Waals surface area contributed by atoms with Gasteiger partial charge in [-0.3, -0.25) is 0 Å². The molecule has 1 aromatic carbocycles. The molecule has 0 bridgehead atoms. The molecule has 0 unspecified atom stereocenters. The molecule has 0 aliphatic rings. The summed E-state index contributed by atoms with van der Waals surface area (Å²) in [6, 6.07) is 11.6. The van der Waals surface area contributed by atoms with Gasteiger partial charge in [0.15, 0.2) is 0 Å². The van der Waals surface area contributed by atoms with Gasteiger partial charge in [0.05, 0.1) is 18.0 Å². The van der Waals surface area contributed by atoms with Crippen molar-refractivity contribution < 1.29 is 9.53 Å². The maximum Gasteiger partial charge on any atom is 0.348 e. The van der Waals surface area contributed by atoms with Crippen molar-refractivity contribution >= 4 is 12.0 Å². The zero-order valence-electron chi connectivity index (χ0n) is 12.8. The van der Waals surface area contributed by atoms with Gasteiger partial charge in [-0.15, -0.1) is 0 Å². The van der Waals surface area contributed by atoms with Crippen LogP contribution < -0.4 is 0 Å². The van der Waals surface area contributed by atoms with Crippen LogP contribution in [0.5, 0.6) is 0 Å². The maximum absolute atomic E-state index is 11.7. The molecule has 2 aromatic rings. The predicted molar refractivity (Wildman–Crippen MR) is 83.3 cm³/mol. The van der Waals surface area contributed by atoms with Gasteiger partial charge in [0, 0.05) is 11.3 Å². The number of rotatable bonds is 4. The van der Waals surface area contributed by atoms with Crippen molar-refractivity contribution in [3.05, 3.63) is 52.9 Å². The summed E-state index contributed by atoms with van der Waals surface area (Å²) in [5.74, 6) is -0.615. The number of aromatic nitrogens is 2. The highest BCUT2D eigenvalue weighted by atomic mass is 16.5. The molecule has 112 valence electrons. The number of ether oxygens (including phenoxy) is 1. The predicted octanol–water partition coefficient (Wildman–Crippen LogP) is 2.96. The number of benzene rings is 1. The molecule has 22 heavy (non-hydrogen) atoms. The second kappa shape index (κ2) is 6.72. The van der Waals surface area contributed by atoms with Crippen molar-refractivity contribution in [2.24, 2.45) is 0 Å². The van der Waals surface area contributed by atoms with E-state index in [9.17, 15) is 4.79 Å². The number of hydrogen-bond donors (Lipinski definition) is 0. The van der Waals surface area contributed by atoms with Gasteiger partial charge in [0.25, 0.3) is 0 Å². The lowest BCUT2D eigenvalue weighted by Crippen LogP contribution is -2.06. The van der Waals surface area contributed by atoms with E-state index in [2.05, 4.69) is 5.10 Å². The molecule has 5 heteroatoms. The van der Waals surface area contributed by atoms with Crippen LogP contribution in [0.4, 0.5) is 0 Å². The number of esters is 1. The Balaban J connectivity index is 2.47. The average molecular weight is 295 g/mol. The molecule has 0 saturated heterocycles. The third kappa shape index (κ3) is 3.07. The van der Waals surface area contributed by atoms with Crippen LogP contribution in [-0.4, -0.2) is 22.4 Å². The third-order valence-corrected chi connectivity index (χ3v) is 3.25. The lowest BCUT2D eigenvalue weighted by atomic mass is 10.1. The number of nitrogens with zero attached hydrogens (tertiary/aromatic N) is 3. The van der Waals surface area contributed by atoms with Gasteiger partial charge in [-0.05, 0) is 39.0 Å². The van der Waals surface area contributed by atoms with Crippen molar-refractivity contribution in [1.82, 2.24) is 9.78 Å². The first-order valence-corrected chi connectivity index (χ1v) is 6.99. The molecule has 0 radical (unpaired) electrons. The van der Waals surface area contributed by atoms with E-state index in [0.29, 0.717) is 0 Å². The van der Waals surface area contributed by atoms with Crippen molar-refractivity contribution in [2.75, 3.05) is 6.61 Å². The van der Waals surface area contributed by atoms with E-state index in [4.69, 9.17) is 10.00 Å². The number of carbonyl (C=O) groups is 1. The Hall–Kier alpha value is -2.87. The molecule has 0 saturated carbocycles. The fraction of sp³-hybridized carbons (Fsp3) is 0.235. The van der Waals surface area contributed by atoms with Crippen molar-refractivity contribution in [1.29, 1.82) is 5.26 Å². The standard InChI is InChI=1S/C17H17N3O2/c1-4-22-17(21)14(11-18)10-16-12(2)19-20(13(16)3)15-8-6-5-7-9-15/h5-10H,4H2,1-3H3/b14-10+. The Morgan fingerprint density at radius 3 is 2.64 bits per heavy atom. The first-order chi connectivity index (χ1) is 10.6. The summed E-state index contributed by atoms with van der Waals surface area (Å²) in [5.41, 5.74) is 3.27. The van der Waals surface area contributed by atoms with Crippen LogP contribution in [0.25, 0.3) is 11.8 Å². The minimum Gasteiger partial charge on any atom is -0.462 e. The van der Waals surface area contributed by atoms with E-state index in [1.807, 2.05) is 50.2 Å². The number of nitriles is 1. The van der Waals surface area contributed by atoms with Gasteiger partial charge in [0.1, 0.15) is 11.6 Å². The first-order valence-electron chi connectivity index (χ1n) is 6.99. The number of para-hydroxylation sites is 1. The molecule has 0 atom stereocenters. The number of aryl methyl sites for hydroxylation is 1. The maximum atomic E-state index is 11.7. The molecule has 0 amide bonds. The van der Waals surface area contributed by atoms with Gasteiger partial charge in [0.2, 0.25) is 0 Å². The van der Waals surface area contributed by atoms with Crippen molar-refractivity contribution in [3.8, 4) is 11.8 Å². The molecule has 0 N–H and O–H groups in total. The lowest BCUT2D eigenvalue weighted by Gasteiger charge is -2.04. The van der Waals surface area contributed by atoms with Crippen LogP contribution in [0.3, 0.4) is 0 Å². The van der Waals surface area contributed by atoms with Crippen LogP contribution in [0.2, 0.25) is 0 Å². The Labute approximate surface area is 129 Å². The number of hydrogen-bond acceptors (Lipinski definition) is 4. The summed E-state index contributed by atoms with van der Waals surface area (Å²) < 4.78 is 6.67. The zero-order valence-corrected chi connectivity index (χ0v) is 12.8. The van der Waals surface area contributed by atoms with E-state index in [1.165, 1.54) is 6.08 Å².